The van der Waals surface area contributed by atoms with Gasteiger partial charge < -0.3 is 0 Å². The summed E-state index contributed by atoms with van der Waals surface area (Å²) in [6.07, 6.45) is 105. The maximum absolute atomic E-state index is 4.07. The molecule has 0 spiro atoms. The summed E-state index contributed by atoms with van der Waals surface area (Å²) in [5, 5.41) is 59.8. The molecular formula is C102H216N24. The van der Waals surface area contributed by atoms with Crippen LogP contribution in [0.3, 0.4) is 0 Å². The van der Waals surface area contributed by atoms with E-state index >= 15 is 0 Å². The molecule has 0 radical (unpaired) electrons. The first-order valence-electron chi connectivity index (χ1n) is 55.2. The average Bonchev–Trinajstić information content (AvgIpc) is 1.54. The molecule has 6 aliphatic heterocycles. The van der Waals surface area contributed by atoms with Crippen molar-refractivity contribution in [3.8, 4) is 0 Å². The second-order valence-electron chi connectivity index (χ2n) is 39.3. The van der Waals surface area contributed by atoms with Crippen molar-refractivity contribution in [2.75, 3.05) is 46.6 Å². The third-order valence-corrected chi connectivity index (χ3v) is 27.8. The predicted molar refractivity (Wildman–Crippen MR) is 539 cm³/mol. The summed E-state index contributed by atoms with van der Waals surface area (Å²) < 4.78 is 0. The molecule has 744 valence electrons. The molecule has 24 heteroatoms. The predicted octanol–water partition coefficient (Wildman–Crippen LogP) is 33.7. The van der Waals surface area contributed by atoms with Gasteiger partial charge in [0.15, 0.2) is 0 Å². The van der Waals surface area contributed by atoms with Crippen molar-refractivity contribution in [2.24, 2.45) is 62.0 Å². The van der Waals surface area contributed by atoms with Crippen LogP contribution in [0.25, 0.3) is 0 Å². The second kappa shape index (κ2) is 90.3. The van der Waals surface area contributed by atoms with Crippen molar-refractivity contribution < 1.29 is 0 Å². The molecule has 126 heavy (non-hydrogen) atoms. The maximum Gasteiger partial charge on any atom is 0.134 e. The van der Waals surface area contributed by atoms with Crippen molar-refractivity contribution >= 4 is 0 Å². The summed E-state index contributed by atoms with van der Waals surface area (Å²) in [6.45, 7) is 37.2. The molecule has 0 aromatic heterocycles. The van der Waals surface area contributed by atoms with Crippen molar-refractivity contribution in [3.63, 3.8) is 0 Å². The van der Waals surface area contributed by atoms with E-state index in [0.29, 0.717) is 38.8 Å². The van der Waals surface area contributed by atoms with Gasteiger partial charge in [-0.1, -0.05) is 524 Å². The lowest BCUT2D eigenvalue weighted by atomic mass is 9.86. The van der Waals surface area contributed by atoms with E-state index in [9.17, 15) is 0 Å². The van der Waals surface area contributed by atoms with Crippen LogP contribution in [-0.4, -0.2) is 105 Å². The first-order chi connectivity index (χ1) is 61.8. The second-order valence-corrected chi connectivity index (χ2v) is 39.3. The number of nitrogens with one attached hydrogen (secondary N) is 6. The minimum absolute atomic E-state index is 0.156. The molecule has 0 amide bonds. The lowest BCUT2D eigenvalue weighted by molar-refractivity contribution is 0.0399. The van der Waals surface area contributed by atoms with Gasteiger partial charge in [0.05, 0.1) is 0 Å². The van der Waals surface area contributed by atoms with Crippen LogP contribution in [0, 0.1) is 0 Å². The highest BCUT2D eigenvalue weighted by atomic mass is 15.8. The Morgan fingerprint density at radius 2 is 0.508 bits per heavy atom. The maximum atomic E-state index is 4.07. The SMILES string of the molecule is CCCCCCCCCCCCCC(C)(C)N1CN=NN1.CCCCCCCCCCCCCC(C)(CC)N1CN=NN1.CCCCCCCCCCCCCC(C)N1CN=NN1.CCCCCCCCCCCCCC(CC)(CC)N1CN=NN1.CCCCCCCCCCCCCC(CC)N1CN=NN1.CCCCCCCCCCCCCCN1CN=NN1. The summed E-state index contributed by atoms with van der Waals surface area (Å²) in [5.74, 6) is 0. The number of nitrogens with zero attached hydrogens (tertiary/aromatic N) is 18. The van der Waals surface area contributed by atoms with E-state index in [1.165, 1.54) is 482 Å². The largest absolute Gasteiger partial charge is 0.220 e. The number of hydrazine groups is 6. The van der Waals surface area contributed by atoms with E-state index in [4.69, 9.17) is 0 Å². The van der Waals surface area contributed by atoms with E-state index in [2.05, 4.69) is 222 Å². The van der Waals surface area contributed by atoms with Crippen LogP contribution in [0.4, 0.5) is 0 Å². The van der Waals surface area contributed by atoms with Gasteiger partial charge in [0.2, 0.25) is 0 Å². The monoisotopic (exact) mass is 1780 g/mol. The Labute approximate surface area is 781 Å². The number of unbranched alkanes of at least 4 members (excludes halogenated alkanes) is 61. The van der Waals surface area contributed by atoms with Crippen molar-refractivity contribution in [3.05, 3.63) is 0 Å². The van der Waals surface area contributed by atoms with Crippen LogP contribution >= 0.6 is 0 Å². The number of hydrogen-bond donors (Lipinski definition) is 6. The van der Waals surface area contributed by atoms with E-state index in [1.54, 1.807) is 0 Å². The molecule has 6 N–H and O–H groups in total. The van der Waals surface area contributed by atoms with E-state index in [0.717, 1.165) is 26.3 Å². The molecule has 0 saturated heterocycles. The van der Waals surface area contributed by atoms with Crippen LogP contribution in [0.1, 0.15) is 585 Å². The van der Waals surface area contributed by atoms with E-state index in [-0.39, 0.29) is 16.6 Å². The van der Waals surface area contributed by atoms with Gasteiger partial charge in [-0.05, 0) is 91.9 Å². The lowest BCUT2D eigenvalue weighted by Gasteiger charge is -2.39. The smallest absolute Gasteiger partial charge is 0.134 e. The molecule has 0 aromatic carbocycles. The molecule has 6 aliphatic rings. The highest BCUT2D eigenvalue weighted by Gasteiger charge is 2.35. The quantitative estimate of drug-likeness (QED) is 0.0312. The average molecular weight is 1780 g/mol. The fraction of sp³-hybridized carbons (Fsp3) is 1.00. The van der Waals surface area contributed by atoms with Crippen LogP contribution in [0.15, 0.2) is 62.0 Å². The standard InChI is InChI=1S/C19H40N4.C18H38N4.2C17H36N4.C16H34N4.C15H32N4/c1-4-7-8-9-10-11-12-13-14-15-16-17-19(5-2,6-3)23-18-20-21-22-23;1-4-6-7-8-9-10-11-12-13-14-15-16-18(3,5-2)22-17-19-20-21-22;1-4-5-6-7-8-9-10-11-12-13-14-15-17(2,3)21-16-18-19-20-21;1-3-5-6-7-8-9-10-11-12-13-14-15-17(4-2)21-16-18-19-20-21;1-3-4-5-6-7-8-9-10-11-12-13-14-16(2)20-15-17-18-19-20;1-2-3-4-5-6-7-8-9-10-11-12-13-14-19-15-16-17-18-19/h4-18H2,1-3H3,(H,20,22);4-17H2,1-3H3,(H,19,21);4-16H2,1-3H3,(H,18,20);17H,3-16H2,1-2H3,(H,18,20);16H,3-15H2,1-2H3,(H,17,19);2-15H2,1H3,(H,16,18). The zero-order valence-corrected chi connectivity index (χ0v) is 86.4. The Kier molecular flexibility index (Phi) is 86.2. The Balaban J connectivity index is 0.000000757. The zero-order valence-electron chi connectivity index (χ0n) is 86.4. The van der Waals surface area contributed by atoms with Gasteiger partial charge >= 0.3 is 0 Å². The molecule has 0 bridgehead atoms. The first-order valence-corrected chi connectivity index (χ1v) is 55.2. The van der Waals surface area contributed by atoms with Crippen molar-refractivity contribution in [1.82, 2.24) is 63.3 Å². The lowest BCUT2D eigenvalue weighted by Crippen LogP contribution is -2.51. The summed E-state index contributed by atoms with van der Waals surface area (Å²) >= 11 is 0. The number of hydrogen-bond acceptors (Lipinski definition) is 24. The normalized spacial score (nSPS) is 16.0. The number of rotatable bonds is 82. The third kappa shape index (κ3) is 69.1. The zero-order chi connectivity index (χ0) is 91.5. The molecule has 0 fully saturated rings. The van der Waals surface area contributed by atoms with Gasteiger partial charge in [0, 0.05) is 35.2 Å². The van der Waals surface area contributed by atoms with Gasteiger partial charge in [-0.3, -0.25) is 0 Å². The highest BCUT2D eigenvalue weighted by molar-refractivity contribution is 4.87. The molecule has 24 nitrogen and oxygen atoms in total. The highest BCUT2D eigenvalue weighted by Crippen LogP contribution is 2.32. The third-order valence-electron chi connectivity index (χ3n) is 27.8. The van der Waals surface area contributed by atoms with Crippen molar-refractivity contribution in [1.29, 1.82) is 0 Å². The summed E-state index contributed by atoms with van der Waals surface area (Å²) in [5.41, 5.74) is 18.5. The summed E-state index contributed by atoms with van der Waals surface area (Å²) in [7, 11) is 0. The topological polar surface area (TPSA) is 240 Å². The molecule has 3 atom stereocenters. The van der Waals surface area contributed by atoms with Crippen LogP contribution in [0.5, 0.6) is 0 Å². The molecule has 6 rings (SSSR count). The molecule has 0 aliphatic carbocycles. The minimum Gasteiger partial charge on any atom is -0.220 e. The van der Waals surface area contributed by atoms with Crippen LogP contribution < -0.4 is 33.2 Å². The molecular weight excluding hydrogens is 1560 g/mol. The van der Waals surface area contributed by atoms with E-state index < -0.39 is 0 Å². The van der Waals surface area contributed by atoms with Gasteiger partial charge in [-0.25, -0.2) is 33.2 Å². The molecule has 0 saturated carbocycles. The minimum atomic E-state index is 0.156. The van der Waals surface area contributed by atoms with Crippen LogP contribution in [-0.2, 0) is 0 Å². The van der Waals surface area contributed by atoms with Gasteiger partial charge in [0.25, 0.3) is 0 Å². The Morgan fingerprint density at radius 1 is 0.238 bits per heavy atom. The van der Waals surface area contributed by atoms with Crippen molar-refractivity contribution in [2.45, 2.75) is 614 Å². The summed E-state index contributed by atoms with van der Waals surface area (Å²) in [4.78, 5) is 0. The van der Waals surface area contributed by atoms with Gasteiger partial charge in [-0.15, -0.1) is 0 Å². The molecule has 6 heterocycles. The molecule has 0 aromatic rings. The van der Waals surface area contributed by atoms with Gasteiger partial charge in [0.1, 0.15) is 40.0 Å². The van der Waals surface area contributed by atoms with Gasteiger partial charge in [-0.2, -0.15) is 60.7 Å². The Bertz CT molecular complexity index is 2370. The Morgan fingerprint density at radius 3 is 0.810 bits per heavy atom. The van der Waals surface area contributed by atoms with Crippen LogP contribution in [0.2, 0.25) is 0 Å². The molecule has 3 unspecified atom stereocenters. The fourth-order valence-electron chi connectivity index (χ4n) is 18.0. The van der Waals surface area contributed by atoms with E-state index in [1.807, 2.05) is 0 Å². The Hall–Kier alpha value is -3.84. The fourth-order valence-corrected chi connectivity index (χ4v) is 18.0. The summed E-state index contributed by atoms with van der Waals surface area (Å²) in [6, 6.07) is 1.14. The first kappa shape index (κ1) is 120.